The molecule has 0 aromatic carbocycles. The molecule has 0 aromatic heterocycles. The highest BCUT2D eigenvalue weighted by Crippen LogP contribution is 2.51. The van der Waals surface area contributed by atoms with Crippen LogP contribution in [-0.4, -0.2) is 119 Å². The van der Waals surface area contributed by atoms with Crippen LogP contribution in [-0.2, 0) is 23.7 Å². The first kappa shape index (κ1) is 34.0. The van der Waals surface area contributed by atoms with Gasteiger partial charge in [0.05, 0.1) is 30.5 Å². The summed E-state index contributed by atoms with van der Waals surface area (Å²) < 4.78 is 22.5. The van der Waals surface area contributed by atoms with Gasteiger partial charge in [0.15, 0.2) is 6.29 Å². The van der Waals surface area contributed by atoms with E-state index in [2.05, 4.69) is 0 Å². The molecule has 43 heavy (non-hydrogen) atoms. The zero-order valence-corrected chi connectivity index (χ0v) is 25.1. The van der Waals surface area contributed by atoms with E-state index in [0.717, 1.165) is 0 Å². The highest BCUT2D eigenvalue weighted by Gasteiger charge is 2.60. The molecule has 3 fully saturated rings. The number of allylic oxidation sites excluding steroid dienone is 2. The Bertz CT molecular complexity index is 1110. The van der Waals surface area contributed by atoms with Crippen molar-refractivity contribution >= 4 is 5.97 Å². The van der Waals surface area contributed by atoms with E-state index < -0.39 is 95.8 Å². The topological polar surface area (TPSA) is 216 Å². The summed E-state index contributed by atoms with van der Waals surface area (Å²) in [4.78, 5) is 12.9. The molecule has 0 radical (unpaired) electrons. The molecule has 2 aliphatic heterocycles. The van der Waals surface area contributed by atoms with Gasteiger partial charge in [-0.3, -0.25) is 0 Å². The molecule has 13 nitrogen and oxygen atoms in total. The summed E-state index contributed by atoms with van der Waals surface area (Å²) in [6.07, 6.45) is -2.84. The summed E-state index contributed by atoms with van der Waals surface area (Å²) in [7, 11) is 0. The second-order valence-corrected chi connectivity index (χ2v) is 13.4. The van der Waals surface area contributed by atoms with Gasteiger partial charge in [-0.15, -0.1) is 0 Å². The number of carbonyl (C=O) groups excluding carboxylic acids is 1. The lowest BCUT2D eigenvalue weighted by atomic mass is 9.57. The minimum atomic E-state index is -1.82. The van der Waals surface area contributed by atoms with E-state index >= 15 is 0 Å². The predicted molar refractivity (Wildman–Crippen MR) is 148 cm³/mol. The summed E-state index contributed by atoms with van der Waals surface area (Å²) >= 11 is 0. The molecule has 0 aromatic rings. The molecule has 4 aliphatic rings. The third-order valence-corrected chi connectivity index (χ3v) is 9.80. The van der Waals surface area contributed by atoms with Crippen LogP contribution in [0.1, 0.15) is 53.9 Å². The normalized spacial score (nSPS) is 48.2. The molecule has 0 spiro atoms. The van der Waals surface area contributed by atoms with Gasteiger partial charge in [-0.25, -0.2) is 4.79 Å². The molecule has 2 aliphatic carbocycles. The third-order valence-electron chi connectivity index (χ3n) is 9.80. The van der Waals surface area contributed by atoms with Gasteiger partial charge in [-0.1, -0.05) is 19.9 Å². The highest BCUT2D eigenvalue weighted by molar-refractivity contribution is 5.83. The van der Waals surface area contributed by atoms with E-state index in [1.54, 1.807) is 26.8 Å². The number of ether oxygens (including phenoxy) is 4. The summed E-state index contributed by atoms with van der Waals surface area (Å²) in [5.74, 6) is -2.06. The zero-order chi connectivity index (χ0) is 32.1. The average molecular weight is 615 g/mol. The number of esters is 1. The van der Waals surface area contributed by atoms with Crippen molar-refractivity contribution in [3.05, 3.63) is 36.1 Å². The van der Waals surface area contributed by atoms with Gasteiger partial charge in [0.2, 0.25) is 6.29 Å². The monoisotopic (exact) mass is 614 g/mol. The Balaban J connectivity index is 1.45. The molecule has 1 saturated heterocycles. The minimum absolute atomic E-state index is 0.0216. The molecular formula is C30H46O13. The number of carbonyl (C=O) groups is 1. The van der Waals surface area contributed by atoms with Crippen molar-refractivity contribution in [2.75, 3.05) is 6.61 Å². The molecule has 2 heterocycles. The minimum Gasteiger partial charge on any atom is -0.472 e. The van der Waals surface area contributed by atoms with Crippen molar-refractivity contribution in [2.24, 2.45) is 17.3 Å². The first-order valence-corrected chi connectivity index (χ1v) is 14.6. The van der Waals surface area contributed by atoms with E-state index in [1.807, 2.05) is 0 Å². The highest BCUT2D eigenvalue weighted by atomic mass is 16.8. The van der Waals surface area contributed by atoms with Gasteiger partial charge < -0.3 is 59.8 Å². The van der Waals surface area contributed by atoms with Gasteiger partial charge in [0.25, 0.3) is 0 Å². The number of rotatable bonds is 7. The van der Waals surface area contributed by atoms with Crippen LogP contribution >= 0.6 is 0 Å². The Morgan fingerprint density at radius 2 is 1.70 bits per heavy atom. The fourth-order valence-corrected chi connectivity index (χ4v) is 6.86. The maximum absolute atomic E-state index is 12.9. The summed E-state index contributed by atoms with van der Waals surface area (Å²) in [5, 5.41) is 84.0. The fourth-order valence-electron chi connectivity index (χ4n) is 6.86. The van der Waals surface area contributed by atoms with E-state index in [1.165, 1.54) is 38.3 Å². The Hall–Kier alpha value is -1.91. The molecule has 4 rings (SSSR count). The van der Waals surface area contributed by atoms with Crippen LogP contribution in [0.4, 0.5) is 0 Å². The number of aliphatic hydroxyl groups excluding tert-OH is 5. The third kappa shape index (κ3) is 6.17. The van der Waals surface area contributed by atoms with Crippen molar-refractivity contribution < 1.29 is 64.6 Å². The van der Waals surface area contributed by atoms with E-state index in [0.29, 0.717) is 18.4 Å². The van der Waals surface area contributed by atoms with Crippen LogP contribution in [0.2, 0.25) is 0 Å². The smallest absolute Gasteiger partial charge is 0.331 e. The summed E-state index contributed by atoms with van der Waals surface area (Å²) in [6.45, 7) is 7.48. The predicted octanol–water partition coefficient (Wildman–Crippen LogP) is -0.863. The van der Waals surface area contributed by atoms with Gasteiger partial charge in [-0.05, 0) is 51.3 Å². The van der Waals surface area contributed by atoms with Crippen LogP contribution in [0.5, 0.6) is 0 Å². The van der Waals surface area contributed by atoms with Crippen LogP contribution in [0.15, 0.2) is 36.1 Å². The first-order valence-electron chi connectivity index (χ1n) is 14.6. The van der Waals surface area contributed by atoms with Gasteiger partial charge in [0.1, 0.15) is 41.7 Å². The molecule has 8 N–H and O–H groups in total. The van der Waals surface area contributed by atoms with Crippen LogP contribution in [0, 0.1) is 17.3 Å². The quantitative estimate of drug-likeness (QED) is 0.0996. The Labute approximate surface area is 250 Å². The maximum Gasteiger partial charge on any atom is 0.331 e. The second-order valence-electron chi connectivity index (χ2n) is 13.4. The van der Waals surface area contributed by atoms with Crippen molar-refractivity contribution in [1.82, 2.24) is 0 Å². The van der Waals surface area contributed by atoms with Crippen molar-refractivity contribution in [3.8, 4) is 0 Å². The molecule has 13 unspecified atom stereocenters. The fraction of sp³-hybridized carbons (Fsp3) is 0.767. The van der Waals surface area contributed by atoms with Crippen molar-refractivity contribution in [2.45, 2.75) is 120 Å². The largest absolute Gasteiger partial charge is 0.472 e. The summed E-state index contributed by atoms with van der Waals surface area (Å²) in [5.41, 5.74) is -5.41. The molecule has 244 valence electrons. The number of aliphatic hydroxyl groups is 8. The van der Waals surface area contributed by atoms with Crippen LogP contribution in [0.25, 0.3) is 0 Å². The van der Waals surface area contributed by atoms with E-state index in [-0.39, 0.29) is 6.42 Å². The summed E-state index contributed by atoms with van der Waals surface area (Å²) in [6, 6.07) is 0. The molecule has 13 heteroatoms. The molecule has 2 saturated carbocycles. The molecule has 0 amide bonds. The Morgan fingerprint density at radius 1 is 1.02 bits per heavy atom. The lowest BCUT2D eigenvalue weighted by Crippen LogP contribution is -2.68. The molecule has 0 bridgehead atoms. The number of hydrogen-bond donors (Lipinski definition) is 8. The molecule has 13 atom stereocenters. The SMILES string of the molecule is CC(C=CC1(O)C(C)(C)CCC(O)C1(C)O)=CC(=O)OC1CC(C)(O)C2C(OC3OC(CO)C(O)C(O)C3O)OC=CC12. The lowest BCUT2D eigenvalue weighted by Gasteiger charge is -2.55. The first-order chi connectivity index (χ1) is 19.9. The lowest BCUT2D eigenvalue weighted by molar-refractivity contribution is -0.346. The Morgan fingerprint density at radius 3 is 2.35 bits per heavy atom. The van der Waals surface area contributed by atoms with Crippen molar-refractivity contribution in [1.29, 1.82) is 0 Å². The number of fused-ring (bicyclic) bond motifs is 1. The maximum atomic E-state index is 12.9. The van der Waals surface area contributed by atoms with Crippen LogP contribution < -0.4 is 0 Å². The second kappa shape index (κ2) is 12.1. The standard InChI is InChI=1S/C30H46O13/c1-15(6-10-30(39)27(2,3)9-7-19(32)29(30,5)38)12-20(33)41-17-13-28(4,37)21-16(17)8-11-40-25(21)43-26-24(36)23(35)22(34)18(14-31)42-26/h6,8,10-12,16-19,21-26,31-32,34-39H,7,9,13-14H2,1-5H3. The van der Waals surface area contributed by atoms with Gasteiger partial charge in [0, 0.05) is 23.8 Å². The zero-order valence-electron chi connectivity index (χ0n) is 25.1. The van der Waals surface area contributed by atoms with E-state index in [4.69, 9.17) is 18.9 Å². The molecular weight excluding hydrogens is 568 g/mol. The number of hydrogen-bond acceptors (Lipinski definition) is 13. The van der Waals surface area contributed by atoms with Gasteiger partial charge >= 0.3 is 5.97 Å². The van der Waals surface area contributed by atoms with Crippen molar-refractivity contribution in [3.63, 3.8) is 0 Å². The van der Waals surface area contributed by atoms with E-state index in [9.17, 15) is 45.6 Å². The Kier molecular flexibility index (Phi) is 9.58. The van der Waals surface area contributed by atoms with Gasteiger partial charge in [-0.2, -0.15) is 0 Å². The average Bonchev–Trinajstić information content (AvgIpc) is 3.19. The van der Waals surface area contributed by atoms with Crippen LogP contribution in [0.3, 0.4) is 0 Å².